The number of rotatable bonds is 4. The highest BCUT2D eigenvalue weighted by Crippen LogP contribution is 1.92. The van der Waals surface area contributed by atoms with E-state index in [0.29, 0.717) is 12.2 Å². The zero-order chi connectivity index (χ0) is 7.28. The molecular formula is C5H8O3S. The van der Waals surface area contributed by atoms with Crippen molar-refractivity contribution in [3.63, 3.8) is 0 Å². The third-order valence-corrected chi connectivity index (χ3v) is 1.12. The lowest BCUT2D eigenvalue weighted by Crippen LogP contribution is -2.11. The Labute approximate surface area is 58.5 Å². The van der Waals surface area contributed by atoms with Crippen molar-refractivity contribution < 1.29 is 14.7 Å². The van der Waals surface area contributed by atoms with Gasteiger partial charge in [0.2, 0.25) is 5.78 Å². The molecule has 0 atom stereocenters. The minimum Gasteiger partial charge on any atom is -0.476 e. The van der Waals surface area contributed by atoms with Gasteiger partial charge >= 0.3 is 5.97 Å². The van der Waals surface area contributed by atoms with Crippen LogP contribution in [0.15, 0.2) is 0 Å². The minimum atomic E-state index is -1.35. The molecule has 0 amide bonds. The fourth-order valence-electron chi connectivity index (χ4n) is 0.347. The van der Waals surface area contributed by atoms with Crippen molar-refractivity contribution in [1.29, 1.82) is 0 Å². The van der Waals surface area contributed by atoms with Gasteiger partial charge in [-0.3, -0.25) is 4.79 Å². The molecule has 52 valence electrons. The molecule has 9 heavy (non-hydrogen) atoms. The Morgan fingerprint density at radius 1 is 1.44 bits per heavy atom. The number of thiol groups is 1. The lowest BCUT2D eigenvalue weighted by atomic mass is 10.2. The number of Topliss-reactive ketones (excluding diaryl/α,β-unsaturated/α-hetero) is 1. The number of hydrogen-bond donors (Lipinski definition) is 2. The first-order valence-electron chi connectivity index (χ1n) is 2.55. The maximum absolute atomic E-state index is 10.3. The summed E-state index contributed by atoms with van der Waals surface area (Å²) >= 11 is 3.82. The zero-order valence-electron chi connectivity index (χ0n) is 4.83. The van der Waals surface area contributed by atoms with Crippen LogP contribution in [0.4, 0.5) is 0 Å². The van der Waals surface area contributed by atoms with Gasteiger partial charge in [0.15, 0.2) is 0 Å². The lowest BCUT2D eigenvalue weighted by molar-refractivity contribution is -0.149. The Morgan fingerprint density at radius 3 is 2.33 bits per heavy atom. The molecule has 1 N–H and O–H groups in total. The number of carboxylic acids is 1. The van der Waals surface area contributed by atoms with E-state index in [0.717, 1.165) is 0 Å². The largest absolute Gasteiger partial charge is 0.476 e. The molecule has 0 radical (unpaired) electrons. The summed E-state index contributed by atoms with van der Waals surface area (Å²) in [4.78, 5) is 20.1. The molecular weight excluding hydrogens is 140 g/mol. The van der Waals surface area contributed by atoms with Crippen molar-refractivity contribution in [1.82, 2.24) is 0 Å². The first kappa shape index (κ1) is 8.49. The highest BCUT2D eigenvalue weighted by atomic mass is 32.1. The van der Waals surface area contributed by atoms with Crippen molar-refractivity contribution in [2.45, 2.75) is 12.8 Å². The first-order chi connectivity index (χ1) is 4.18. The average Bonchev–Trinajstić information content (AvgIpc) is 1.82. The molecule has 0 heterocycles. The normalized spacial score (nSPS) is 9.00. The highest BCUT2D eigenvalue weighted by Gasteiger charge is 2.08. The summed E-state index contributed by atoms with van der Waals surface area (Å²) in [5.41, 5.74) is 0. The third-order valence-electron chi connectivity index (χ3n) is 0.800. The summed E-state index contributed by atoms with van der Waals surface area (Å²) in [7, 11) is 0. The number of ketones is 1. The molecule has 0 aliphatic rings. The van der Waals surface area contributed by atoms with E-state index in [-0.39, 0.29) is 6.42 Å². The summed E-state index contributed by atoms with van der Waals surface area (Å²) in [5.74, 6) is -1.53. The summed E-state index contributed by atoms with van der Waals surface area (Å²) in [6.07, 6.45) is 0.632. The van der Waals surface area contributed by atoms with Crippen LogP contribution in [0.2, 0.25) is 0 Å². The van der Waals surface area contributed by atoms with E-state index in [1.54, 1.807) is 0 Å². The predicted molar refractivity (Wildman–Crippen MR) is 35.7 cm³/mol. The second kappa shape index (κ2) is 4.38. The molecule has 0 aromatic heterocycles. The monoisotopic (exact) mass is 148 g/mol. The van der Waals surface area contributed by atoms with Gasteiger partial charge in [0.25, 0.3) is 0 Å². The summed E-state index contributed by atoms with van der Waals surface area (Å²) in [6, 6.07) is 0. The van der Waals surface area contributed by atoms with Gasteiger partial charge in [0.1, 0.15) is 0 Å². The second-order valence-corrected chi connectivity index (χ2v) is 2.00. The average molecular weight is 148 g/mol. The van der Waals surface area contributed by atoms with Crippen LogP contribution in [0.25, 0.3) is 0 Å². The van der Waals surface area contributed by atoms with Gasteiger partial charge in [-0.2, -0.15) is 12.6 Å². The van der Waals surface area contributed by atoms with Gasteiger partial charge in [-0.25, -0.2) is 4.79 Å². The van der Waals surface area contributed by atoms with Crippen molar-refractivity contribution >= 4 is 24.4 Å². The maximum Gasteiger partial charge on any atom is 0.372 e. The fraction of sp³-hybridized carbons (Fsp3) is 0.600. The van der Waals surface area contributed by atoms with Crippen LogP contribution in [0.3, 0.4) is 0 Å². The van der Waals surface area contributed by atoms with E-state index in [4.69, 9.17) is 5.11 Å². The van der Waals surface area contributed by atoms with Crippen LogP contribution in [-0.2, 0) is 9.59 Å². The van der Waals surface area contributed by atoms with Crippen LogP contribution in [0, 0.1) is 0 Å². The fourth-order valence-corrected chi connectivity index (χ4v) is 0.505. The van der Waals surface area contributed by atoms with Gasteiger partial charge in [0.05, 0.1) is 0 Å². The van der Waals surface area contributed by atoms with Crippen molar-refractivity contribution in [2.75, 3.05) is 5.75 Å². The first-order valence-corrected chi connectivity index (χ1v) is 3.18. The number of hydrogen-bond acceptors (Lipinski definition) is 3. The molecule has 0 saturated heterocycles. The van der Waals surface area contributed by atoms with Gasteiger partial charge in [-0.15, -0.1) is 0 Å². The molecule has 0 aromatic rings. The van der Waals surface area contributed by atoms with Gasteiger partial charge in [-0.05, 0) is 12.2 Å². The molecule has 0 aliphatic carbocycles. The number of aliphatic carboxylic acids is 1. The highest BCUT2D eigenvalue weighted by molar-refractivity contribution is 7.80. The van der Waals surface area contributed by atoms with E-state index in [1.165, 1.54) is 0 Å². The SMILES string of the molecule is O=C(O)C(=O)CCCS. The van der Waals surface area contributed by atoms with E-state index >= 15 is 0 Å². The maximum atomic E-state index is 10.3. The molecule has 0 aliphatic heterocycles. The molecule has 4 heteroatoms. The molecule has 0 bridgehead atoms. The van der Waals surface area contributed by atoms with Crippen molar-refractivity contribution in [3.05, 3.63) is 0 Å². The Balaban J connectivity index is 3.39. The van der Waals surface area contributed by atoms with Gasteiger partial charge in [0, 0.05) is 6.42 Å². The Kier molecular flexibility index (Phi) is 4.13. The topological polar surface area (TPSA) is 54.4 Å². The molecule has 0 spiro atoms. The van der Waals surface area contributed by atoms with Gasteiger partial charge in [-0.1, -0.05) is 0 Å². The van der Waals surface area contributed by atoms with Crippen LogP contribution >= 0.6 is 12.6 Å². The molecule has 0 unspecified atom stereocenters. The van der Waals surface area contributed by atoms with E-state index in [9.17, 15) is 9.59 Å². The molecule has 0 rings (SSSR count). The number of carboxylic acid groups (broad SMARTS) is 1. The second-order valence-electron chi connectivity index (χ2n) is 1.56. The van der Waals surface area contributed by atoms with Crippen LogP contribution < -0.4 is 0 Å². The molecule has 0 aromatic carbocycles. The quantitative estimate of drug-likeness (QED) is 0.447. The Morgan fingerprint density at radius 2 is 2.00 bits per heavy atom. The third kappa shape index (κ3) is 4.02. The summed E-state index contributed by atoms with van der Waals surface area (Å²) in [6.45, 7) is 0. The zero-order valence-corrected chi connectivity index (χ0v) is 5.73. The van der Waals surface area contributed by atoms with Crippen LogP contribution in [-0.4, -0.2) is 22.6 Å². The summed E-state index contributed by atoms with van der Waals surface area (Å²) in [5, 5.41) is 8.03. The van der Waals surface area contributed by atoms with Crippen LogP contribution in [0.1, 0.15) is 12.8 Å². The van der Waals surface area contributed by atoms with E-state index in [1.807, 2.05) is 0 Å². The Hall–Kier alpha value is -0.510. The molecule has 0 saturated carbocycles. The van der Waals surface area contributed by atoms with Crippen molar-refractivity contribution in [3.8, 4) is 0 Å². The lowest BCUT2D eigenvalue weighted by Gasteiger charge is -1.89. The summed E-state index contributed by atoms with van der Waals surface area (Å²) < 4.78 is 0. The smallest absolute Gasteiger partial charge is 0.372 e. The number of carbonyl (C=O) groups is 2. The van der Waals surface area contributed by atoms with Crippen molar-refractivity contribution in [2.24, 2.45) is 0 Å². The standard InChI is InChI=1S/C5H8O3S/c6-4(5(7)8)2-1-3-9/h9H,1-3H2,(H,7,8). The van der Waals surface area contributed by atoms with Gasteiger partial charge < -0.3 is 5.11 Å². The van der Waals surface area contributed by atoms with Crippen LogP contribution in [0.5, 0.6) is 0 Å². The minimum absolute atomic E-state index is 0.0961. The van der Waals surface area contributed by atoms with E-state index in [2.05, 4.69) is 12.6 Å². The Bertz CT molecular complexity index is 121. The van der Waals surface area contributed by atoms with E-state index < -0.39 is 11.8 Å². The molecule has 3 nitrogen and oxygen atoms in total. The number of carbonyl (C=O) groups excluding carboxylic acids is 1. The molecule has 0 fully saturated rings. The predicted octanol–water partition coefficient (Wildman–Crippen LogP) is 0.350.